The first-order valence-electron chi connectivity index (χ1n) is 5.55. The van der Waals surface area contributed by atoms with E-state index in [4.69, 9.17) is 5.73 Å². The van der Waals surface area contributed by atoms with E-state index < -0.39 is 0 Å². The van der Waals surface area contributed by atoms with Crippen LogP contribution in [0.4, 0.5) is 5.69 Å². The molecule has 0 spiro atoms. The monoisotopic (exact) mass is 225 g/mol. The van der Waals surface area contributed by atoms with Crippen molar-refractivity contribution in [1.29, 1.82) is 0 Å². The molecule has 0 bridgehead atoms. The maximum atomic E-state index is 12.2. The summed E-state index contributed by atoms with van der Waals surface area (Å²) in [5.74, 6) is 0.0353. The molecule has 0 fully saturated rings. The van der Waals surface area contributed by atoms with Gasteiger partial charge in [-0.25, -0.2) is 0 Å². The molecule has 0 aromatic heterocycles. The van der Waals surface area contributed by atoms with Crippen LogP contribution >= 0.6 is 0 Å². The van der Waals surface area contributed by atoms with Crippen molar-refractivity contribution in [2.24, 2.45) is 0 Å². The van der Waals surface area contributed by atoms with Gasteiger partial charge in [-0.1, -0.05) is 12.1 Å². The number of carbonyl (C=O) groups is 1. The zero-order valence-electron chi connectivity index (χ0n) is 10.0. The van der Waals surface area contributed by atoms with Crippen molar-refractivity contribution in [3.63, 3.8) is 0 Å². The Morgan fingerprint density at radius 1 is 0.882 bits per heavy atom. The Labute approximate surface area is 101 Å². The molecule has 2 nitrogen and oxygen atoms in total. The van der Waals surface area contributed by atoms with E-state index in [0.29, 0.717) is 11.3 Å². The summed E-state index contributed by atoms with van der Waals surface area (Å²) in [4.78, 5) is 12.2. The number of hydrogen-bond acceptors (Lipinski definition) is 2. The van der Waals surface area contributed by atoms with Gasteiger partial charge in [-0.3, -0.25) is 4.79 Å². The summed E-state index contributed by atoms with van der Waals surface area (Å²) in [6.07, 6.45) is 0. The molecule has 2 N–H and O–H groups in total. The van der Waals surface area contributed by atoms with Crippen molar-refractivity contribution >= 4 is 11.5 Å². The fourth-order valence-corrected chi connectivity index (χ4v) is 1.68. The number of hydrogen-bond donors (Lipinski definition) is 1. The Morgan fingerprint density at radius 2 is 1.47 bits per heavy atom. The van der Waals surface area contributed by atoms with Crippen LogP contribution in [-0.4, -0.2) is 5.78 Å². The molecule has 2 aromatic rings. The molecule has 0 aliphatic heterocycles. The quantitative estimate of drug-likeness (QED) is 0.630. The predicted molar refractivity (Wildman–Crippen MR) is 70.2 cm³/mol. The number of anilines is 1. The zero-order chi connectivity index (χ0) is 12.4. The highest BCUT2D eigenvalue weighted by Gasteiger charge is 2.09. The molecule has 2 heteroatoms. The SMILES string of the molecule is Cc1ccc(C(=O)c2ccc(N)cc2)cc1C. The predicted octanol–water partition coefficient (Wildman–Crippen LogP) is 3.12. The normalized spacial score (nSPS) is 10.2. The summed E-state index contributed by atoms with van der Waals surface area (Å²) in [7, 11) is 0. The summed E-state index contributed by atoms with van der Waals surface area (Å²) < 4.78 is 0. The number of rotatable bonds is 2. The first-order valence-corrected chi connectivity index (χ1v) is 5.55. The maximum Gasteiger partial charge on any atom is 0.193 e. The molecule has 0 heterocycles. The molecule has 0 amide bonds. The van der Waals surface area contributed by atoms with E-state index in [1.54, 1.807) is 24.3 Å². The van der Waals surface area contributed by atoms with E-state index in [-0.39, 0.29) is 5.78 Å². The van der Waals surface area contributed by atoms with E-state index in [0.717, 1.165) is 11.1 Å². The van der Waals surface area contributed by atoms with Crippen molar-refractivity contribution < 1.29 is 4.79 Å². The van der Waals surface area contributed by atoms with Crippen LogP contribution in [0, 0.1) is 13.8 Å². The zero-order valence-corrected chi connectivity index (χ0v) is 10.0. The van der Waals surface area contributed by atoms with Crippen LogP contribution in [0.15, 0.2) is 42.5 Å². The third-order valence-electron chi connectivity index (χ3n) is 2.94. The van der Waals surface area contributed by atoms with Crippen LogP contribution in [0.1, 0.15) is 27.0 Å². The van der Waals surface area contributed by atoms with E-state index in [9.17, 15) is 4.79 Å². The Balaban J connectivity index is 2.37. The molecule has 0 aliphatic carbocycles. The van der Waals surface area contributed by atoms with Crippen molar-refractivity contribution in [3.8, 4) is 0 Å². The first-order chi connectivity index (χ1) is 8.08. The van der Waals surface area contributed by atoms with Crippen LogP contribution in [0.5, 0.6) is 0 Å². The standard InChI is InChI=1S/C15H15NO/c1-10-3-4-13(9-11(10)2)15(17)12-5-7-14(16)8-6-12/h3-9H,16H2,1-2H3. The molecule has 0 saturated carbocycles. The van der Waals surface area contributed by atoms with Gasteiger partial charge >= 0.3 is 0 Å². The van der Waals surface area contributed by atoms with Gasteiger partial charge in [0.25, 0.3) is 0 Å². The second-order valence-electron chi connectivity index (χ2n) is 4.25. The largest absolute Gasteiger partial charge is 0.399 e. The molecule has 17 heavy (non-hydrogen) atoms. The van der Waals surface area contributed by atoms with Gasteiger partial charge in [-0.15, -0.1) is 0 Å². The highest BCUT2D eigenvalue weighted by atomic mass is 16.1. The molecule has 0 atom stereocenters. The lowest BCUT2D eigenvalue weighted by molar-refractivity contribution is 0.103. The van der Waals surface area contributed by atoms with Crippen LogP contribution < -0.4 is 5.73 Å². The van der Waals surface area contributed by atoms with E-state index >= 15 is 0 Å². The summed E-state index contributed by atoms with van der Waals surface area (Å²) in [6, 6.07) is 12.8. The summed E-state index contributed by atoms with van der Waals surface area (Å²) in [5.41, 5.74) is 9.98. The van der Waals surface area contributed by atoms with E-state index in [1.165, 1.54) is 5.56 Å². The molecule has 0 unspecified atom stereocenters. The number of nitrogen functional groups attached to an aromatic ring is 1. The van der Waals surface area contributed by atoms with Crippen LogP contribution in [0.3, 0.4) is 0 Å². The van der Waals surface area contributed by atoms with Gasteiger partial charge in [0.05, 0.1) is 0 Å². The lowest BCUT2D eigenvalue weighted by Crippen LogP contribution is -2.02. The van der Waals surface area contributed by atoms with Crippen LogP contribution in [-0.2, 0) is 0 Å². The smallest absolute Gasteiger partial charge is 0.193 e. The number of nitrogens with two attached hydrogens (primary N) is 1. The number of ketones is 1. The van der Waals surface area contributed by atoms with Gasteiger partial charge < -0.3 is 5.73 Å². The summed E-state index contributed by atoms with van der Waals surface area (Å²) >= 11 is 0. The minimum atomic E-state index is 0.0353. The molecule has 0 radical (unpaired) electrons. The molecule has 0 saturated heterocycles. The fraction of sp³-hybridized carbons (Fsp3) is 0.133. The van der Waals surface area contributed by atoms with Gasteiger partial charge in [-0.2, -0.15) is 0 Å². The van der Waals surface area contributed by atoms with Gasteiger partial charge in [0, 0.05) is 16.8 Å². The fourth-order valence-electron chi connectivity index (χ4n) is 1.68. The number of aryl methyl sites for hydroxylation is 2. The molecular formula is C15H15NO. The summed E-state index contributed by atoms with van der Waals surface area (Å²) in [6.45, 7) is 4.04. The molecule has 2 aromatic carbocycles. The van der Waals surface area contributed by atoms with Crippen molar-refractivity contribution in [2.75, 3.05) is 5.73 Å². The Kier molecular flexibility index (Phi) is 2.96. The van der Waals surface area contributed by atoms with Crippen LogP contribution in [0.25, 0.3) is 0 Å². The maximum absolute atomic E-state index is 12.2. The van der Waals surface area contributed by atoms with Gasteiger partial charge in [-0.05, 0) is 55.3 Å². The van der Waals surface area contributed by atoms with Gasteiger partial charge in [0.2, 0.25) is 0 Å². The minimum Gasteiger partial charge on any atom is -0.399 e. The minimum absolute atomic E-state index is 0.0353. The highest BCUT2D eigenvalue weighted by Crippen LogP contribution is 2.15. The third-order valence-corrected chi connectivity index (χ3v) is 2.94. The second-order valence-corrected chi connectivity index (χ2v) is 4.25. The Morgan fingerprint density at radius 3 is 2.06 bits per heavy atom. The highest BCUT2D eigenvalue weighted by molar-refractivity contribution is 6.09. The Hall–Kier alpha value is -2.09. The van der Waals surface area contributed by atoms with E-state index in [2.05, 4.69) is 0 Å². The van der Waals surface area contributed by atoms with Crippen LogP contribution in [0.2, 0.25) is 0 Å². The van der Waals surface area contributed by atoms with Gasteiger partial charge in [0.15, 0.2) is 5.78 Å². The third kappa shape index (κ3) is 2.36. The number of benzene rings is 2. The lowest BCUT2D eigenvalue weighted by atomic mass is 9.99. The lowest BCUT2D eigenvalue weighted by Gasteiger charge is -2.05. The average molecular weight is 225 g/mol. The molecule has 0 aliphatic rings. The van der Waals surface area contributed by atoms with Crippen molar-refractivity contribution in [2.45, 2.75) is 13.8 Å². The second kappa shape index (κ2) is 4.42. The van der Waals surface area contributed by atoms with Crippen molar-refractivity contribution in [3.05, 3.63) is 64.7 Å². The van der Waals surface area contributed by atoms with E-state index in [1.807, 2.05) is 32.0 Å². The molecule has 2 rings (SSSR count). The van der Waals surface area contributed by atoms with Crippen molar-refractivity contribution in [1.82, 2.24) is 0 Å². The summed E-state index contributed by atoms with van der Waals surface area (Å²) in [5, 5.41) is 0. The average Bonchev–Trinajstić information content (AvgIpc) is 2.33. The molecular weight excluding hydrogens is 210 g/mol. The molecule has 86 valence electrons. The topological polar surface area (TPSA) is 43.1 Å². The first kappa shape index (κ1) is 11.4. The van der Waals surface area contributed by atoms with Gasteiger partial charge in [0.1, 0.15) is 0 Å². The Bertz CT molecular complexity index is 556. The number of carbonyl (C=O) groups excluding carboxylic acids is 1.